The van der Waals surface area contributed by atoms with Crippen molar-refractivity contribution >= 4 is 0 Å². The molecule has 0 radical (unpaired) electrons. The van der Waals surface area contributed by atoms with Gasteiger partial charge in [-0.05, 0) is 83.5 Å². The van der Waals surface area contributed by atoms with E-state index in [0.717, 1.165) is 5.92 Å². The average molecular weight is 250 g/mol. The highest BCUT2D eigenvalue weighted by atomic mass is 15.4. The fourth-order valence-electron chi connectivity index (χ4n) is 4.42. The van der Waals surface area contributed by atoms with Crippen LogP contribution in [0.1, 0.15) is 64.7 Å². The number of unbranched alkanes of at least 4 members (excludes halogenated alkanes) is 1. The van der Waals surface area contributed by atoms with Gasteiger partial charge in [-0.2, -0.15) is 0 Å². The van der Waals surface area contributed by atoms with Gasteiger partial charge in [-0.25, -0.2) is 0 Å². The van der Waals surface area contributed by atoms with E-state index in [1.165, 1.54) is 84.0 Å². The summed E-state index contributed by atoms with van der Waals surface area (Å²) in [6.45, 7) is 7.80. The molecule has 0 aromatic rings. The van der Waals surface area contributed by atoms with Crippen molar-refractivity contribution in [2.24, 2.45) is 5.92 Å². The third kappa shape index (κ3) is 2.22. The van der Waals surface area contributed by atoms with Gasteiger partial charge in [-0.1, -0.05) is 13.3 Å². The zero-order valence-electron chi connectivity index (χ0n) is 12.2. The summed E-state index contributed by atoms with van der Waals surface area (Å²) >= 11 is 0. The van der Waals surface area contributed by atoms with Crippen LogP contribution in [0.5, 0.6) is 0 Å². The van der Waals surface area contributed by atoms with Crippen molar-refractivity contribution in [3.05, 3.63) is 0 Å². The Balaban J connectivity index is 1.79. The molecule has 104 valence electrons. The lowest BCUT2D eigenvalue weighted by atomic mass is 9.88. The smallest absolute Gasteiger partial charge is 0.0766 e. The third-order valence-electron chi connectivity index (χ3n) is 5.44. The molecule has 0 aromatic heterocycles. The Morgan fingerprint density at radius 2 is 1.72 bits per heavy atom. The number of likely N-dealkylation sites (tertiary alicyclic amines) is 2. The van der Waals surface area contributed by atoms with Crippen LogP contribution in [0.25, 0.3) is 0 Å². The first-order chi connectivity index (χ1) is 8.88. The fourth-order valence-corrected chi connectivity index (χ4v) is 4.42. The Morgan fingerprint density at radius 3 is 2.39 bits per heavy atom. The van der Waals surface area contributed by atoms with Crippen molar-refractivity contribution in [1.82, 2.24) is 9.80 Å². The van der Waals surface area contributed by atoms with E-state index in [9.17, 15) is 0 Å². The van der Waals surface area contributed by atoms with Crippen molar-refractivity contribution in [2.75, 3.05) is 26.2 Å². The number of rotatable bonds is 5. The summed E-state index contributed by atoms with van der Waals surface area (Å²) in [6.07, 6.45) is 13.0. The molecule has 1 unspecified atom stereocenters. The summed E-state index contributed by atoms with van der Waals surface area (Å²) in [5.74, 6) is 1.01. The van der Waals surface area contributed by atoms with Gasteiger partial charge in [0.2, 0.25) is 0 Å². The summed E-state index contributed by atoms with van der Waals surface area (Å²) in [7, 11) is 0. The van der Waals surface area contributed by atoms with Crippen molar-refractivity contribution in [2.45, 2.75) is 70.4 Å². The molecule has 3 rings (SSSR count). The molecule has 1 aliphatic carbocycles. The van der Waals surface area contributed by atoms with Crippen LogP contribution in [-0.4, -0.2) is 41.6 Å². The lowest BCUT2D eigenvalue weighted by Gasteiger charge is -2.53. The Kier molecular flexibility index (Phi) is 3.95. The normalized spacial score (nSPS) is 35.2. The Morgan fingerprint density at radius 1 is 1.00 bits per heavy atom. The topological polar surface area (TPSA) is 6.48 Å². The van der Waals surface area contributed by atoms with Crippen LogP contribution in [0, 0.1) is 5.92 Å². The second kappa shape index (κ2) is 5.50. The summed E-state index contributed by atoms with van der Waals surface area (Å²) in [6, 6.07) is 0. The molecule has 0 spiro atoms. The lowest BCUT2D eigenvalue weighted by molar-refractivity contribution is -0.0915. The number of hydrogen-bond acceptors (Lipinski definition) is 2. The zero-order chi connectivity index (χ0) is 12.4. The van der Waals surface area contributed by atoms with Crippen LogP contribution in [0.2, 0.25) is 0 Å². The van der Waals surface area contributed by atoms with Crippen LogP contribution in [0.3, 0.4) is 0 Å². The monoisotopic (exact) mass is 250 g/mol. The van der Waals surface area contributed by atoms with E-state index in [2.05, 4.69) is 16.7 Å². The molecule has 1 atom stereocenters. The molecule has 0 N–H and O–H groups in total. The van der Waals surface area contributed by atoms with Crippen molar-refractivity contribution < 1.29 is 0 Å². The van der Waals surface area contributed by atoms with Gasteiger partial charge in [0.25, 0.3) is 0 Å². The highest BCUT2D eigenvalue weighted by Gasteiger charge is 2.53. The summed E-state index contributed by atoms with van der Waals surface area (Å²) in [5, 5.41) is 0. The van der Waals surface area contributed by atoms with Gasteiger partial charge in [0, 0.05) is 0 Å². The summed E-state index contributed by atoms with van der Waals surface area (Å²) in [4.78, 5) is 5.79. The van der Waals surface area contributed by atoms with Crippen molar-refractivity contribution in [3.63, 3.8) is 0 Å². The number of nitrogens with zero attached hydrogens (tertiary/aromatic N) is 2. The van der Waals surface area contributed by atoms with E-state index in [0.29, 0.717) is 5.66 Å². The second-order valence-corrected chi connectivity index (χ2v) is 6.64. The van der Waals surface area contributed by atoms with Gasteiger partial charge in [0.15, 0.2) is 0 Å². The van der Waals surface area contributed by atoms with Gasteiger partial charge in [-0.3, -0.25) is 9.80 Å². The highest BCUT2D eigenvalue weighted by Crippen LogP contribution is 2.50. The molecule has 2 aliphatic heterocycles. The molecule has 0 aromatic carbocycles. The Labute approximate surface area is 113 Å². The second-order valence-electron chi connectivity index (χ2n) is 6.64. The van der Waals surface area contributed by atoms with Crippen LogP contribution in [0.15, 0.2) is 0 Å². The first-order valence-corrected chi connectivity index (χ1v) is 8.38. The molecule has 0 bridgehead atoms. The average Bonchev–Trinajstić information content (AvgIpc) is 3.12. The number of piperidine rings is 1. The molecule has 0 amide bonds. The van der Waals surface area contributed by atoms with E-state index in [4.69, 9.17) is 0 Å². The minimum absolute atomic E-state index is 0.504. The quantitative estimate of drug-likeness (QED) is 0.737. The lowest BCUT2D eigenvalue weighted by Crippen LogP contribution is -2.63. The van der Waals surface area contributed by atoms with E-state index < -0.39 is 0 Å². The van der Waals surface area contributed by atoms with Crippen LogP contribution < -0.4 is 0 Å². The molecule has 2 saturated heterocycles. The van der Waals surface area contributed by atoms with Gasteiger partial charge in [-0.15, -0.1) is 0 Å². The van der Waals surface area contributed by atoms with Gasteiger partial charge in [0.1, 0.15) is 0 Å². The largest absolute Gasteiger partial charge is 0.285 e. The minimum Gasteiger partial charge on any atom is -0.285 e. The predicted molar refractivity (Wildman–Crippen MR) is 76.6 cm³/mol. The van der Waals surface area contributed by atoms with Crippen molar-refractivity contribution in [1.29, 1.82) is 0 Å². The summed E-state index contributed by atoms with van der Waals surface area (Å²) < 4.78 is 0. The molecule has 2 heterocycles. The summed E-state index contributed by atoms with van der Waals surface area (Å²) in [5.41, 5.74) is 0.504. The van der Waals surface area contributed by atoms with E-state index in [-0.39, 0.29) is 0 Å². The molecule has 1 saturated carbocycles. The Bertz CT molecular complexity index is 268. The standard InChI is InChI=1S/C16H30N2/c1-2-3-11-17-12-5-4-10-16(17,15-8-9-15)18-13-6-7-14-18/h15H,2-14H2,1H3. The van der Waals surface area contributed by atoms with Crippen molar-refractivity contribution in [3.8, 4) is 0 Å². The maximum absolute atomic E-state index is 2.91. The van der Waals surface area contributed by atoms with E-state index in [1.807, 2.05) is 0 Å². The van der Waals surface area contributed by atoms with Crippen LogP contribution in [-0.2, 0) is 0 Å². The van der Waals surface area contributed by atoms with Gasteiger partial charge >= 0.3 is 0 Å². The van der Waals surface area contributed by atoms with E-state index >= 15 is 0 Å². The SMILES string of the molecule is CCCCN1CCCCC1(C1CC1)N1CCCC1. The maximum atomic E-state index is 2.91. The molecule has 18 heavy (non-hydrogen) atoms. The molecule has 3 aliphatic rings. The zero-order valence-corrected chi connectivity index (χ0v) is 12.2. The van der Waals surface area contributed by atoms with Gasteiger partial charge < -0.3 is 0 Å². The van der Waals surface area contributed by atoms with Crippen LogP contribution in [0.4, 0.5) is 0 Å². The molecule has 2 heteroatoms. The predicted octanol–water partition coefficient (Wildman–Crippen LogP) is 3.47. The first kappa shape index (κ1) is 12.9. The molecule has 3 fully saturated rings. The van der Waals surface area contributed by atoms with Crippen LogP contribution >= 0.6 is 0 Å². The maximum Gasteiger partial charge on any atom is 0.0766 e. The first-order valence-electron chi connectivity index (χ1n) is 8.38. The Hall–Kier alpha value is -0.0800. The van der Waals surface area contributed by atoms with E-state index in [1.54, 1.807) is 0 Å². The number of hydrogen-bond donors (Lipinski definition) is 0. The molecule has 2 nitrogen and oxygen atoms in total. The molecular formula is C16H30N2. The molecular weight excluding hydrogens is 220 g/mol. The fraction of sp³-hybridized carbons (Fsp3) is 1.00. The minimum atomic E-state index is 0.504. The third-order valence-corrected chi connectivity index (χ3v) is 5.44. The highest BCUT2D eigenvalue weighted by molar-refractivity contribution is 5.04. The van der Waals surface area contributed by atoms with Gasteiger partial charge in [0.05, 0.1) is 5.66 Å².